The van der Waals surface area contributed by atoms with Gasteiger partial charge in [0.25, 0.3) is 5.91 Å². The predicted molar refractivity (Wildman–Crippen MR) is 73.9 cm³/mol. The van der Waals surface area contributed by atoms with Gasteiger partial charge in [-0.15, -0.1) is 11.6 Å². The molecular formula is C12H12BrCl2NO. The van der Waals surface area contributed by atoms with Crippen LogP contribution in [0.1, 0.15) is 23.2 Å². The third kappa shape index (κ3) is 3.60. The number of alkyl halides is 1. The van der Waals surface area contributed by atoms with E-state index in [-0.39, 0.29) is 11.3 Å². The molecule has 1 N–H and O–H groups in total. The van der Waals surface area contributed by atoms with Gasteiger partial charge in [0.05, 0.1) is 16.0 Å². The average molecular weight is 337 g/mol. The van der Waals surface area contributed by atoms with Crippen molar-refractivity contribution in [1.82, 2.24) is 5.32 Å². The van der Waals surface area contributed by atoms with Crippen molar-refractivity contribution in [3.63, 3.8) is 0 Å². The van der Waals surface area contributed by atoms with Crippen LogP contribution < -0.4 is 5.32 Å². The molecule has 0 heterocycles. The Labute approximate surface area is 119 Å². The maximum absolute atomic E-state index is 11.9. The smallest absolute Gasteiger partial charge is 0.252 e. The van der Waals surface area contributed by atoms with E-state index in [1.165, 1.54) is 12.8 Å². The Kier molecular flexibility index (Phi) is 4.34. The fourth-order valence-electron chi connectivity index (χ4n) is 1.58. The van der Waals surface area contributed by atoms with Gasteiger partial charge in [0, 0.05) is 11.0 Å². The van der Waals surface area contributed by atoms with E-state index in [2.05, 4.69) is 21.2 Å². The Morgan fingerprint density at radius 1 is 1.53 bits per heavy atom. The first kappa shape index (κ1) is 13.2. The summed E-state index contributed by atoms with van der Waals surface area (Å²) in [5.74, 6) is 0.387. The standard InChI is InChI=1S/C12H12BrCl2NO/c13-8-3-4-10(14)9(5-8)12(17)16-6-11(15)7-1-2-7/h3-5,7,11H,1-2,6H2,(H,16,17). The summed E-state index contributed by atoms with van der Waals surface area (Å²) in [5.41, 5.74) is 0.473. The first-order valence-corrected chi connectivity index (χ1v) is 7.06. The molecule has 1 aromatic rings. The van der Waals surface area contributed by atoms with Gasteiger partial charge in [-0.25, -0.2) is 0 Å². The van der Waals surface area contributed by atoms with E-state index in [9.17, 15) is 4.79 Å². The number of hydrogen-bond acceptors (Lipinski definition) is 1. The maximum Gasteiger partial charge on any atom is 0.252 e. The van der Waals surface area contributed by atoms with Crippen molar-refractivity contribution < 1.29 is 4.79 Å². The van der Waals surface area contributed by atoms with Gasteiger partial charge < -0.3 is 5.32 Å². The first-order chi connectivity index (χ1) is 8.08. The number of nitrogens with one attached hydrogen (secondary N) is 1. The lowest BCUT2D eigenvalue weighted by molar-refractivity contribution is 0.0953. The second-order valence-electron chi connectivity index (χ2n) is 4.19. The minimum absolute atomic E-state index is 0.0323. The summed E-state index contributed by atoms with van der Waals surface area (Å²) < 4.78 is 0.830. The number of rotatable bonds is 4. The average Bonchev–Trinajstić information content (AvgIpc) is 3.12. The van der Waals surface area contributed by atoms with Crippen LogP contribution in [0.2, 0.25) is 5.02 Å². The first-order valence-electron chi connectivity index (χ1n) is 5.45. The molecule has 0 aliphatic heterocycles. The van der Waals surface area contributed by atoms with Crippen molar-refractivity contribution >= 4 is 45.0 Å². The molecular weight excluding hydrogens is 325 g/mol. The van der Waals surface area contributed by atoms with Crippen molar-refractivity contribution in [3.05, 3.63) is 33.3 Å². The molecule has 0 spiro atoms. The van der Waals surface area contributed by atoms with Crippen LogP contribution in [0.5, 0.6) is 0 Å². The van der Waals surface area contributed by atoms with E-state index < -0.39 is 0 Å². The lowest BCUT2D eigenvalue weighted by Gasteiger charge is -2.10. The van der Waals surface area contributed by atoms with Crippen LogP contribution in [0.25, 0.3) is 0 Å². The lowest BCUT2D eigenvalue weighted by Crippen LogP contribution is -2.30. The summed E-state index contributed by atoms with van der Waals surface area (Å²) in [4.78, 5) is 11.9. The number of amides is 1. The molecule has 17 heavy (non-hydrogen) atoms. The maximum atomic E-state index is 11.9. The molecule has 1 atom stereocenters. The van der Waals surface area contributed by atoms with E-state index in [1.807, 2.05) is 0 Å². The summed E-state index contributed by atoms with van der Waals surface area (Å²) in [6, 6.07) is 5.20. The molecule has 2 rings (SSSR count). The van der Waals surface area contributed by atoms with E-state index in [1.54, 1.807) is 18.2 Å². The molecule has 1 aliphatic carbocycles. The van der Waals surface area contributed by atoms with E-state index in [0.717, 1.165) is 4.47 Å². The highest BCUT2D eigenvalue weighted by Crippen LogP contribution is 2.35. The van der Waals surface area contributed by atoms with Gasteiger partial charge in [-0.3, -0.25) is 4.79 Å². The Hall–Kier alpha value is -0.250. The summed E-state index contributed by atoms with van der Waals surface area (Å²) in [5, 5.41) is 3.29. The highest BCUT2D eigenvalue weighted by Gasteiger charge is 2.29. The zero-order valence-electron chi connectivity index (χ0n) is 9.05. The van der Waals surface area contributed by atoms with Crippen molar-refractivity contribution in [2.45, 2.75) is 18.2 Å². The highest BCUT2D eigenvalue weighted by molar-refractivity contribution is 9.10. The molecule has 5 heteroatoms. The zero-order valence-corrected chi connectivity index (χ0v) is 12.1. The van der Waals surface area contributed by atoms with Crippen LogP contribution in [0.3, 0.4) is 0 Å². The molecule has 2 nitrogen and oxygen atoms in total. The Morgan fingerprint density at radius 3 is 2.88 bits per heavy atom. The van der Waals surface area contributed by atoms with Crippen molar-refractivity contribution in [2.24, 2.45) is 5.92 Å². The second-order valence-corrected chi connectivity index (χ2v) is 6.07. The summed E-state index contributed by atoms with van der Waals surface area (Å²) in [6.07, 6.45) is 2.34. The molecule has 0 bridgehead atoms. The second kappa shape index (κ2) is 5.59. The zero-order chi connectivity index (χ0) is 12.4. The van der Waals surface area contributed by atoms with Gasteiger partial charge in [0.1, 0.15) is 0 Å². The highest BCUT2D eigenvalue weighted by atomic mass is 79.9. The monoisotopic (exact) mass is 335 g/mol. The minimum Gasteiger partial charge on any atom is -0.350 e. The van der Waals surface area contributed by atoms with Crippen LogP contribution in [-0.2, 0) is 0 Å². The normalized spacial score (nSPS) is 16.6. The molecule has 1 fully saturated rings. The predicted octanol–water partition coefficient (Wildman–Crippen LogP) is 3.85. The molecule has 1 saturated carbocycles. The van der Waals surface area contributed by atoms with E-state index in [0.29, 0.717) is 23.0 Å². The molecule has 1 aliphatic rings. The van der Waals surface area contributed by atoms with E-state index >= 15 is 0 Å². The number of halogens is 3. The summed E-state index contributed by atoms with van der Waals surface area (Å²) in [7, 11) is 0. The quantitative estimate of drug-likeness (QED) is 0.831. The summed E-state index contributed by atoms with van der Waals surface area (Å²) in [6.45, 7) is 0.494. The van der Waals surface area contributed by atoms with Crippen LogP contribution in [0.15, 0.2) is 22.7 Å². The van der Waals surface area contributed by atoms with Gasteiger partial charge in [-0.05, 0) is 37.0 Å². The lowest BCUT2D eigenvalue weighted by atomic mass is 10.2. The number of carbonyl (C=O) groups is 1. The Bertz CT molecular complexity index is 435. The molecule has 1 amide bonds. The van der Waals surface area contributed by atoms with Crippen molar-refractivity contribution in [1.29, 1.82) is 0 Å². The topological polar surface area (TPSA) is 29.1 Å². The fraction of sp³-hybridized carbons (Fsp3) is 0.417. The fourth-order valence-corrected chi connectivity index (χ4v) is 2.48. The van der Waals surface area contributed by atoms with E-state index in [4.69, 9.17) is 23.2 Å². The minimum atomic E-state index is -0.178. The van der Waals surface area contributed by atoms with Crippen LogP contribution in [0, 0.1) is 5.92 Å². The summed E-state index contributed by atoms with van der Waals surface area (Å²) >= 11 is 15.4. The SMILES string of the molecule is O=C(NCC(Cl)C1CC1)c1cc(Br)ccc1Cl. The number of benzene rings is 1. The number of carbonyl (C=O) groups excluding carboxylic acids is 1. The molecule has 0 radical (unpaired) electrons. The molecule has 0 aromatic heterocycles. The van der Waals surface area contributed by atoms with Crippen LogP contribution in [-0.4, -0.2) is 17.8 Å². The number of hydrogen-bond donors (Lipinski definition) is 1. The van der Waals surface area contributed by atoms with Gasteiger partial charge in [0.2, 0.25) is 0 Å². The van der Waals surface area contributed by atoms with Crippen molar-refractivity contribution in [2.75, 3.05) is 6.54 Å². The molecule has 0 saturated heterocycles. The van der Waals surface area contributed by atoms with Crippen LogP contribution in [0.4, 0.5) is 0 Å². The van der Waals surface area contributed by atoms with Gasteiger partial charge in [0.15, 0.2) is 0 Å². The molecule has 1 aromatic carbocycles. The third-order valence-corrected chi connectivity index (χ3v) is 4.10. The third-order valence-electron chi connectivity index (χ3n) is 2.76. The largest absolute Gasteiger partial charge is 0.350 e. The van der Waals surface area contributed by atoms with Crippen molar-refractivity contribution in [3.8, 4) is 0 Å². The van der Waals surface area contributed by atoms with Gasteiger partial charge >= 0.3 is 0 Å². The van der Waals surface area contributed by atoms with Gasteiger partial charge in [-0.1, -0.05) is 27.5 Å². The molecule has 92 valence electrons. The van der Waals surface area contributed by atoms with Gasteiger partial charge in [-0.2, -0.15) is 0 Å². The Balaban J connectivity index is 1.96. The Morgan fingerprint density at radius 2 is 2.24 bits per heavy atom. The molecule has 1 unspecified atom stereocenters. The van der Waals surface area contributed by atoms with Crippen LogP contribution >= 0.6 is 39.1 Å².